The molecule has 1 aromatic heterocycles. The third-order valence-electron chi connectivity index (χ3n) is 4.45. The van der Waals surface area contributed by atoms with Gasteiger partial charge in [-0.15, -0.1) is 0 Å². The monoisotopic (exact) mass is 360 g/mol. The molecule has 0 aliphatic rings. The first kappa shape index (κ1) is 18.6. The van der Waals surface area contributed by atoms with Gasteiger partial charge >= 0.3 is 0 Å². The number of nitrogens with zero attached hydrogens (tertiary/aromatic N) is 2. The number of aryl methyl sites for hydroxylation is 3. The van der Waals surface area contributed by atoms with Gasteiger partial charge in [0, 0.05) is 24.6 Å². The number of hydrogen-bond donors (Lipinski definition) is 2. The fourth-order valence-corrected chi connectivity index (χ4v) is 2.70. The van der Waals surface area contributed by atoms with Crippen LogP contribution in [0, 0.1) is 13.8 Å². The lowest BCUT2D eigenvalue weighted by Gasteiger charge is -2.08. The Labute approximate surface area is 159 Å². The molecule has 0 aliphatic carbocycles. The van der Waals surface area contributed by atoms with Gasteiger partial charge in [0.1, 0.15) is 0 Å². The maximum absolute atomic E-state index is 12.2. The Kier molecular flexibility index (Phi) is 6.15. The van der Waals surface area contributed by atoms with Crippen LogP contribution in [0.5, 0.6) is 0 Å². The zero-order chi connectivity index (χ0) is 19.1. The van der Waals surface area contributed by atoms with Crippen LogP contribution in [0.3, 0.4) is 0 Å². The fourth-order valence-electron chi connectivity index (χ4n) is 2.70. The summed E-state index contributed by atoms with van der Waals surface area (Å²) in [5.74, 6) is 0.319. The van der Waals surface area contributed by atoms with Crippen molar-refractivity contribution in [2.45, 2.75) is 26.7 Å². The maximum Gasteiger partial charge on any atom is 0.254 e. The van der Waals surface area contributed by atoms with E-state index in [1.807, 2.05) is 30.3 Å². The van der Waals surface area contributed by atoms with Gasteiger partial charge in [0.15, 0.2) is 0 Å². The highest BCUT2D eigenvalue weighted by Gasteiger charge is 2.07. The highest BCUT2D eigenvalue weighted by Crippen LogP contribution is 2.17. The van der Waals surface area contributed by atoms with E-state index in [1.165, 1.54) is 16.7 Å². The quantitative estimate of drug-likeness (QED) is 0.620. The van der Waals surface area contributed by atoms with Crippen LogP contribution < -0.4 is 10.6 Å². The van der Waals surface area contributed by atoms with Gasteiger partial charge in [-0.25, -0.2) is 9.97 Å². The Morgan fingerprint density at radius 1 is 0.963 bits per heavy atom. The van der Waals surface area contributed by atoms with Crippen LogP contribution in [-0.2, 0) is 6.42 Å². The minimum Gasteiger partial charge on any atom is -0.352 e. The predicted molar refractivity (Wildman–Crippen MR) is 108 cm³/mol. The zero-order valence-electron chi connectivity index (χ0n) is 15.7. The highest BCUT2D eigenvalue weighted by atomic mass is 16.1. The summed E-state index contributed by atoms with van der Waals surface area (Å²) in [5, 5.41) is 6.07. The number of carbonyl (C=O) groups excluding carboxylic acids is 1. The third-order valence-corrected chi connectivity index (χ3v) is 4.45. The van der Waals surface area contributed by atoms with Crippen LogP contribution in [0.4, 0.5) is 11.6 Å². The molecular formula is C22H24N4O. The number of aromatic nitrogens is 2. The summed E-state index contributed by atoms with van der Waals surface area (Å²) >= 11 is 0. The largest absolute Gasteiger partial charge is 0.352 e. The van der Waals surface area contributed by atoms with Crippen molar-refractivity contribution >= 4 is 17.5 Å². The summed E-state index contributed by atoms with van der Waals surface area (Å²) in [7, 11) is 0. The van der Waals surface area contributed by atoms with Crippen molar-refractivity contribution < 1.29 is 4.79 Å². The van der Waals surface area contributed by atoms with Gasteiger partial charge in [-0.2, -0.15) is 0 Å². The summed E-state index contributed by atoms with van der Waals surface area (Å²) in [4.78, 5) is 20.7. The van der Waals surface area contributed by atoms with Gasteiger partial charge in [0.25, 0.3) is 5.91 Å². The van der Waals surface area contributed by atoms with Gasteiger partial charge in [0.05, 0.1) is 5.56 Å². The highest BCUT2D eigenvalue weighted by molar-refractivity contribution is 5.93. The SMILES string of the molecule is Cc1ccc(Nc2ncc(C(=O)NCCCc3ccccc3)cn2)cc1C. The zero-order valence-corrected chi connectivity index (χ0v) is 15.7. The smallest absolute Gasteiger partial charge is 0.254 e. The van der Waals surface area contributed by atoms with Gasteiger partial charge < -0.3 is 10.6 Å². The number of benzene rings is 2. The molecule has 0 aliphatic heterocycles. The summed E-state index contributed by atoms with van der Waals surface area (Å²) in [6.07, 6.45) is 4.92. The van der Waals surface area contributed by atoms with Crippen LogP contribution >= 0.6 is 0 Å². The molecule has 0 unspecified atom stereocenters. The Bertz CT molecular complexity index is 892. The van der Waals surface area contributed by atoms with Crippen molar-refractivity contribution in [3.63, 3.8) is 0 Å². The van der Waals surface area contributed by atoms with Crippen molar-refractivity contribution in [3.05, 3.63) is 83.2 Å². The number of anilines is 2. The van der Waals surface area contributed by atoms with Crippen LogP contribution in [0.1, 0.15) is 33.5 Å². The molecule has 0 saturated carbocycles. The lowest BCUT2D eigenvalue weighted by molar-refractivity contribution is 0.0952. The van der Waals surface area contributed by atoms with Crippen molar-refractivity contribution in [1.29, 1.82) is 0 Å². The number of amides is 1. The van der Waals surface area contributed by atoms with E-state index in [2.05, 4.69) is 52.6 Å². The second kappa shape index (κ2) is 8.94. The molecule has 0 spiro atoms. The van der Waals surface area contributed by atoms with E-state index in [9.17, 15) is 4.79 Å². The standard InChI is InChI=1S/C22H24N4O/c1-16-10-11-20(13-17(16)2)26-22-24-14-19(15-25-22)21(27)23-12-6-9-18-7-4-3-5-8-18/h3-5,7-8,10-11,13-15H,6,9,12H2,1-2H3,(H,23,27)(H,24,25,26). The molecule has 27 heavy (non-hydrogen) atoms. The molecule has 0 radical (unpaired) electrons. The third kappa shape index (κ3) is 5.38. The Morgan fingerprint density at radius 3 is 2.41 bits per heavy atom. The molecule has 0 bridgehead atoms. The van der Waals surface area contributed by atoms with E-state index in [0.29, 0.717) is 18.1 Å². The topological polar surface area (TPSA) is 66.9 Å². The molecule has 0 saturated heterocycles. The molecule has 2 N–H and O–H groups in total. The molecule has 1 amide bonds. The summed E-state index contributed by atoms with van der Waals surface area (Å²) in [5.41, 5.74) is 5.10. The molecule has 1 heterocycles. The summed E-state index contributed by atoms with van der Waals surface area (Å²) in [6, 6.07) is 16.3. The minimum absolute atomic E-state index is 0.152. The molecular weight excluding hydrogens is 336 g/mol. The van der Waals surface area contributed by atoms with E-state index in [-0.39, 0.29) is 5.91 Å². The number of nitrogens with one attached hydrogen (secondary N) is 2. The first-order chi connectivity index (χ1) is 13.1. The first-order valence-corrected chi connectivity index (χ1v) is 9.10. The molecule has 2 aromatic carbocycles. The van der Waals surface area contributed by atoms with E-state index < -0.39 is 0 Å². The normalized spacial score (nSPS) is 10.4. The maximum atomic E-state index is 12.2. The van der Waals surface area contributed by atoms with E-state index >= 15 is 0 Å². The van der Waals surface area contributed by atoms with Gasteiger partial charge in [-0.3, -0.25) is 4.79 Å². The average Bonchev–Trinajstić information content (AvgIpc) is 2.69. The van der Waals surface area contributed by atoms with E-state index in [0.717, 1.165) is 18.5 Å². The number of rotatable bonds is 7. The molecule has 3 aromatic rings. The first-order valence-electron chi connectivity index (χ1n) is 9.10. The number of carbonyl (C=O) groups is 1. The van der Waals surface area contributed by atoms with Gasteiger partial charge in [-0.05, 0) is 55.5 Å². The van der Waals surface area contributed by atoms with E-state index in [1.54, 1.807) is 12.4 Å². The molecule has 5 heteroatoms. The Balaban J connectivity index is 1.48. The Morgan fingerprint density at radius 2 is 1.70 bits per heavy atom. The summed E-state index contributed by atoms with van der Waals surface area (Å²) < 4.78 is 0. The summed E-state index contributed by atoms with van der Waals surface area (Å²) in [6.45, 7) is 4.76. The predicted octanol–water partition coefficient (Wildman–Crippen LogP) is 4.20. The van der Waals surface area contributed by atoms with E-state index in [4.69, 9.17) is 0 Å². The van der Waals surface area contributed by atoms with Crippen LogP contribution in [0.15, 0.2) is 60.9 Å². The second-order valence-corrected chi connectivity index (χ2v) is 6.56. The van der Waals surface area contributed by atoms with Gasteiger partial charge in [-0.1, -0.05) is 36.4 Å². The molecule has 5 nitrogen and oxygen atoms in total. The fraction of sp³-hybridized carbons (Fsp3) is 0.227. The molecule has 0 fully saturated rings. The van der Waals surface area contributed by atoms with Crippen LogP contribution in [0.2, 0.25) is 0 Å². The molecule has 138 valence electrons. The average molecular weight is 360 g/mol. The lowest BCUT2D eigenvalue weighted by atomic mass is 10.1. The van der Waals surface area contributed by atoms with Gasteiger partial charge in [0.2, 0.25) is 5.95 Å². The Hall–Kier alpha value is -3.21. The van der Waals surface area contributed by atoms with Crippen molar-refractivity contribution in [3.8, 4) is 0 Å². The minimum atomic E-state index is -0.152. The lowest BCUT2D eigenvalue weighted by Crippen LogP contribution is -2.25. The van der Waals surface area contributed by atoms with Crippen molar-refractivity contribution in [2.24, 2.45) is 0 Å². The second-order valence-electron chi connectivity index (χ2n) is 6.56. The van der Waals surface area contributed by atoms with Crippen LogP contribution in [-0.4, -0.2) is 22.4 Å². The van der Waals surface area contributed by atoms with Crippen LogP contribution in [0.25, 0.3) is 0 Å². The molecule has 0 atom stereocenters. The van der Waals surface area contributed by atoms with Crippen molar-refractivity contribution in [2.75, 3.05) is 11.9 Å². The number of hydrogen-bond acceptors (Lipinski definition) is 4. The molecule has 3 rings (SSSR count). The van der Waals surface area contributed by atoms with Crippen molar-refractivity contribution in [1.82, 2.24) is 15.3 Å².